The predicted octanol–water partition coefficient (Wildman–Crippen LogP) is 3.87. The highest BCUT2D eigenvalue weighted by atomic mass is 16.5. The molecule has 1 heterocycles. The van der Waals surface area contributed by atoms with E-state index in [1.54, 1.807) is 19.3 Å². The number of ether oxygens (including phenoxy) is 2. The van der Waals surface area contributed by atoms with Crippen molar-refractivity contribution >= 4 is 23.0 Å². The van der Waals surface area contributed by atoms with Crippen molar-refractivity contribution in [1.29, 1.82) is 0 Å². The number of rotatable bonds is 5. The first-order chi connectivity index (χ1) is 12.5. The van der Waals surface area contributed by atoms with Crippen molar-refractivity contribution in [3.63, 3.8) is 0 Å². The molecule has 0 unspecified atom stereocenters. The first-order valence-electron chi connectivity index (χ1n) is 8.07. The molecule has 1 aromatic heterocycles. The number of fused-ring (bicyclic) bond motifs is 1. The van der Waals surface area contributed by atoms with Gasteiger partial charge in [-0.2, -0.15) is 0 Å². The van der Waals surface area contributed by atoms with E-state index in [4.69, 9.17) is 13.9 Å². The van der Waals surface area contributed by atoms with Gasteiger partial charge in [0.25, 0.3) is 0 Å². The lowest BCUT2D eigenvalue weighted by Gasteiger charge is -2.06. The van der Waals surface area contributed by atoms with Crippen LogP contribution in [0.5, 0.6) is 5.75 Å². The van der Waals surface area contributed by atoms with Crippen LogP contribution in [0.3, 0.4) is 0 Å². The smallest absolute Gasteiger partial charge is 0.336 e. The zero-order chi connectivity index (χ0) is 18.5. The fourth-order valence-electron chi connectivity index (χ4n) is 2.56. The Morgan fingerprint density at radius 2 is 2.00 bits per heavy atom. The topological polar surface area (TPSA) is 65.7 Å². The van der Waals surface area contributed by atoms with Gasteiger partial charge in [0.1, 0.15) is 17.9 Å². The quantitative estimate of drug-likeness (QED) is 0.397. The number of esters is 1. The van der Waals surface area contributed by atoms with Gasteiger partial charge in [-0.25, -0.2) is 9.59 Å². The van der Waals surface area contributed by atoms with E-state index in [2.05, 4.69) is 0 Å². The number of methoxy groups -OCH3 is 1. The zero-order valence-corrected chi connectivity index (χ0v) is 14.5. The Morgan fingerprint density at radius 1 is 1.15 bits per heavy atom. The van der Waals surface area contributed by atoms with Gasteiger partial charge in [0.05, 0.1) is 7.11 Å². The van der Waals surface area contributed by atoms with Crippen molar-refractivity contribution in [2.24, 2.45) is 0 Å². The number of carbonyl (C=O) groups is 1. The van der Waals surface area contributed by atoms with Crippen LogP contribution in [0.15, 0.2) is 63.8 Å². The van der Waals surface area contributed by atoms with Gasteiger partial charge in [0.2, 0.25) is 0 Å². The monoisotopic (exact) mass is 350 g/mol. The summed E-state index contributed by atoms with van der Waals surface area (Å²) >= 11 is 0. The molecular formula is C21H18O5. The first kappa shape index (κ1) is 17.5. The SMILES string of the molecule is COc1cccc(/C=C/C(=O)OCc2cc(=O)oc3cc(C)ccc23)c1. The summed E-state index contributed by atoms with van der Waals surface area (Å²) in [6.07, 6.45) is 2.98. The largest absolute Gasteiger partial charge is 0.497 e. The van der Waals surface area contributed by atoms with Crippen molar-refractivity contribution in [3.05, 3.63) is 81.7 Å². The molecule has 5 nitrogen and oxygen atoms in total. The average molecular weight is 350 g/mol. The fourth-order valence-corrected chi connectivity index (χ4v) is 2.56. The lowest BCUT2D eigenvalue weighted by molar-refractivity contribution is -0.138. The van der Waals surface area contributed by atoms with Gasteiger partial charge < -0.3 is 13.9 Å². The highest BCUT2D eigenvalue weighted by Crippen LogP contribution is 2.19. The molecule has 0 fully saturated rings. The van der Waals surface area contributed by atoms with E-state index in [-0.39, 0.29) is 6.61 Å². The zero-order valence-electron chi connectivity index (χ0n) is 14.5. The molecule has 0 radical (unpaired) electrons. The van der Waals surface area contributed by atoms with Crippen LogP contribution in [0.4, 0.5) is 0 Å². The average Bonchev–Trinajstić information content (AvgIpc) is 2.64. The maximum atomic E-state index is 12.0. The summed E-state index contributed by atoms with van der Waals surface area (Å²) in [5, 5.41) is 0.750. The third kappa shape index (κ3) is 4.19. The van der Waals surface area contributed by atoms with E-state index >= 15 is 0 Å². The van der Waals surface area contributed by atoms with Crippen LogP contribution in [0, 0.1) is 6.92 Å². The standard InChI is InChI=1S/C21H18O5/c1-14-6-8-18-16(12-21(23)26-19(18)10-14)13-25-20(22)9-7-15-4-3-5-17(11-15)24-2/h3-12H,13H2,1-2H3/b9-7+. The summed E-state index contributed by atoms with van der Waals surface area (Å²) in [7, 11) is 1.58. The Balaban J connectivity index is 1.72. The van der Waals surface area contributed by atoms with E-state index in [0.29, 0.717) is 16.9 Å². The Bertz CT molecular complexity index is 1030. The molecule has 0 aliphatic carbocycles. The number of aryl methyl sites for hydroxylation is 1. The summed E-state index contributed by atoms with van der Waals surface area (Å²) < 4.78 is 15.6. The molecular weight excluding hydrogens is 332 g/mol. The van der Waals surface area contributed by atoms with Crippen LogP contribution in [0.25, 0.3) is 17.0 Å². The summed E-state index contributed by atoms with van der Waals surface area (Å²) in [6, 6.07) is 14.2. The van der Waals surface area contributed by atoms with Gasteiger partial charge >= 0.3 is 11.6 Å². The molecule has 3 rings (SSSR count). The second-order valence-corrected chi connectivity index (χ2v) is 5.81. The Morgan fingerprint density at radius 3 is 2.81 bits per heavy atom. The molecule has 26 heavy (non-hydrogen) atoms. The number of carbonyl (C=O) groups excluding carboxylic acids is 1. The normalized spacial score (nSPS) is 11.0. The summed E-state index contributed by atoms with van der Waals surface area (Å²) in [5.74, 6) is 0.208. The van der Waals surface area contributed by atoms with E-state index < -0.39 is 11.6 Å². The van der Waals surface area contributed by atoms with Gasteiger partial charge in [-0.3, -0.25) is 0 Å². The minimum absolute atomic E-state index is 0.00749. The van der Waals surface area contributed by atoms with Gasteiger partial charge in [-0.1, -0.05) is 24.3 Å². The highest BCUT2D eigenvalue weighted by Gasteiger charge is 2.08. The highest BCUT2D eigenvalue weighted by molar-refractivity contribution is 5.87. The molecule has 2 aromatic carbocycles. The number of hydrogen-bond donors (Lipinski definition) is 0. The number of hydrogen-bond acceptors (Lipinski definition) is 5. The van der Waals surface area contributed by atoms with Crippen LogP contribution in [0.2, 0.25) is 0 Å². The molecule has 0 amide bonds. The second kappa shape index (κ2) is 7.70. The van der Waals surface area contributed by atoms with E-state index in [0.717, 1.165) is 16.5 Å². The second-order valence-electron chi connectivity index (χ2n) is 5.81. The lowest BCUT2D eigenvalue weighted by atomic mass is 10.1. The third-order valence-electron chi connectivity index (χ3n) is 3.86. The molecule has 3 aromatic rings. The van der Waals surface area contributed by atoms with Crippen LogP contribution < -0.4 is 10.4 Å². The van der Waals surface area contributed by atoms with E-state index in [1.165, 1.54) is 12.1 Å². The molecule has 0 N–H and O–H groups in total. The molecule has 132 valence electrons. The van der Waals surface area contributed by atoms with Crippen molar-refractivity contribution in [1.82, 2.24) is 0 Å². The van der Waals surface area contributed by atoms with Gasteiger partial charge in [0, 0.05) is 23.1 Å². The lowest BCUT2D eigenvalue weighted by Crippen LogP contribution is -2.05. The minimum Gasteiger partial charge on any atom is -0.497 e. The molecule has 0 saturated carbocycles. The maximum absolute atomic E-state index is 12.0. The first-order valence-corrected chi connectivity index (χ1v) is 8.07. The van der Waals surface area contributed by atoms with E-state index in [1.807, 2.05) is 43.3 Å². The summed E-state index contributed by atoms with van der Waals surface area (Å²) in [5.41, 5.74) is 2.43. The van der Waals surface area contributed by atoms with Crippen molar-refractivity contribution < 1.29 is 18.7 Å². The fraction of sp³-hybridized carbons (Fsp3) is 0.143. The molecule has 0 saturated heterocycles. The molecule has 0 aliphatic heterocycles. The van der Waals surface area contributed by atoms with Crippen LogP contribution >= 0.6 is 0 Å². The molecule has 0 aliphatic rings. The van der Waals surface area contributed by atoms with Crippen LogP contribution in [-0.2, 0) is 16.1 Å². The number of benzene rings is 2. The van der Waals surface area contributed by atoms with Crippen molar-refractivity contribution in [2.45, 2.75) is 13.5 Å². The van der Waals surface area contributed by atoms with E-state index in [9.17, 15) is 9.59 Å². The summed E-state index contributed by atoms with van der Waals surface area (Å²) in [6.45, 7) is 1.90. The van der Waals surface area contributed by atoms with Crippen molar-refractivity contribution in [2.75, 3.05) is 7.11 Å². The summed E-state index contributed by atoms with van der Waals surface area (Å²) in [4.78, 5) is 23.7. The molecule has 0 spiro atoms. The molecule has 0 bridgehead atoms. The minimum atomic E-state index is -0.499. The Hall–Kier alpha value is -3.34. The Kier molecular flexibility index (Phi) is 5.17. The van der Waals surface area contributed by atoms with Gasteiger partial charge in [-0.15, -0.1) is 0 Å². The van der Waals surface area contributed by atoms with Gasteiger partial charge in [-0.05, 0) is 42.3 Å². The third-order valence-corrected chi connectivity index (χ3v) is 3.86. The molecule has 0 atom stereocenters. The molecule has 5 heteroatoms. The Labute approximate surface area is 150 Å². The van der Waals surface area contributed by atoms with Gasteiger partial charge in [0.15, 0.2) is 0 Å². The van der Waals surface area contributed by atoms with Crippen molar-refractivity contribution in [3.8, 4) is 5.75 Å². The van der Waals surface area contributed by atoms with Crippen LogP contribution in [0.1, 0.15) is 16.7 Å². The van der Waals surface area contributed by atoms with Crippen LogP contribution in [-0.4, -0.2) is 13.1 Å². The maximum Gasteiger partial charge on any atom is 0.336 e. The predicted molar refractivity (Wildman–Crippen MR) is 99.0 cm³/mol.